The van der Waals surface area contributed by atoms with Gasteiger partial charge in [-0.05, 0) is 17.2 Å². The van der Waals surface area contributed by atoms with Crippen LogP contribution in [0.2, 0.25) is 0 Å². The van der Waals surface area contributed by atoms with Gasteiger partial charge < -0.3 is 9.94 Å². The lowest BCUT2D eigenvalue weighted by molar-refractivity contribution is 0.197. The van der Waals surface area contributed by atoms with Crippen LogP contribution in [0.1, 0.15) is 17.2 Å². The van der Waals surface area contributed by atoms with Crippen LogP contribution in [0.25, 0.3) is 6.08 Å². The van der Waals surface area contributed by atoms with Crippen molar-refractivity contribution in [2.24, 2.45) is 5.16 Å². The van der Waals surface area contributed by atoms with Crippen molar-refractivity contribution >= 4 is 11.8 Å². The summed E-state index contributed by atoms with van der Waals surface area (Å²) in [7, 11) is 1.47. The molecule has 0 aromatic heterocycles. The minimum absolute atomic E-state index is 0.461. The minimum Gasteiger partial charge on any atom is -0.399 e. The molecular formula is C17H17NO2. The predicted octanol–water partition coefficient (Wildman–Crippen LogP) is 3.44. The summed E-state index contributed by atoms with van der Waals surface area (Å²) in [4.78, 5) is 4.81. The summed E-state index contributed by atoms with van der Waals surface area (Å²) in [6.45, 7) is 0. The first kappa shape index (κ1) is 14.0. The first-order valence-corrected chi connectivity index (χ1v) is 6.38. The van der Waals surface area contributed by atoms with E-state index in [1.807, 2.05) is 66.7 Å². The zero-order chi connectivity index (χ0) is 14.2. The maximum absolute atomic E-state index is 10.3. The number of aliphatic hydroxyl groups is 1. The van der Waals surface area contributed by atoms with Gasteiger partial charge in [0.15, 0.2) is 0 Å². The van der Waals surface area contributed by atoms with Gasteiger partial charge >= 0.3 is 0 Å². The molecule has 3 heteroatoms. The smallest absolute Gasteiger partial charge is 0.124 e. The Balaban J connectivity index is 2.20. The number of hydrogen-bond acceptors (Lipinski definition) is 3. The van der Waals surface area contributed by atoms with Crippen LogP contribution in [0.3, 0.4) is 0 Å². The quantitative estimate of drug-likeness (QED) is 0.666. The summed E-state index contributed by atoms with van der Waals surface area (Å²) in [6, 6.07) is 19.2. The highest BCUT2D eigenvalue weighted by atomic mass is 16.6. The third-order valence-corrected chi connectivity index (χ3v) is 2.84. The Bertz CT molecular complexity index is 576. The van der Waals surface area contributed by atoms with Crippen molar-refractivity contribution in [2.75, 3.05) is 7.11 Å². The summed E-state index contributed by atoms with van der Waals surface area (Å²) in [6.07, 6.45) is 2.84. The number of rotatable bonds is 5. The van der Waals surface area contributed by atoms with Crippen molar-refractivity contribution in [1.29, 1.82) is 0 Å². The Morgan fingerprint density at radius 2 is 1.65 bits per heavy atom. The summed E-state index contributed by atoms with van der Waals surface area (Å²) in [5.41, 5.74) is 2.28. The van der Waals surface area contributed by atoms with Crippen LogP contribution in [0, 0.1) is 0 Å². The Morgan fingerprint density at radius 3 is 2.25 bits per heavy atom. The van der Waals surface area contributed by atoms with E-state index in [1.54, 1.807) is 6.08 Å². The van der Waals surface area contributed by atoms with E-state index in [2.05, 4.69) is 5.16 Å². The molecule has 1 unspecified atom stereocenters. The van der Waals surface area contributed by atoms with Crippen LogP contribution < -0.4 is 0 Å². The summed E-state index contributed by atoms with van der Waals surface area (Å²) in [5.74, 6) is 0. The first-order valence-electron chi connectivity index (χ1n) is 6.38. The van der Waals surface area contributed by atoms with Crippen molar-refractivity contribution in [3.05, 3.63) is 77.9 Å². The largest absolute Gasteiger partial charge is 0.399 e. The van der Waals surface area contributed by atoms with E-state index in [-0.39, 0.29) is 0 Å². The highest BCUT2D eigenvalue weighted by Gasteiger charge is 2.13. The number of oxime groups is 1. The van der Waals surface area contributed by atoms with Gasteiger partial charge in [0.2, 0.25) is 0 Å². The zero-order valence-electron chi connectivity index (χ0n) is 11.3. The topological polar surface area (TPSA) is 41.8 Å². The normalized spacial score (nSPS) is 13.4. The molecule has 0 heterocycles. The van der Waals surface area contributed by atoms with Crippen molar-refractivity contribution in [3.63, 3.8) is 0 Å². The van der Waals surface area contributed by atoms with Gasteiger partial charge in [0.25, 0.3) is 0 Å². The average molecular weight is 267 g/mol. The second-order valence-corrected chi connectivity index (χ2v) is 4.26. The molecule has 3 nitrogen and oxygen atoms in total. The molecule has 2 rings (SSSR count). The third kappa shape index (κ3) is 3.80. The Kier molecular flexibility index (Phi) is 5.09. The summed E-state index contributed by atoms with van der Waals surface area (Å²) in [5, 5.41) is 14.2. The molecule has 102 valence electrons. The van der Waals surface area contributed by atoms with E-state index in [9.17, 15) is 5.11 Å². The molecular weight excluding hydrogens is 250 g/mol. The van der Waals surface area contributed by atoms with Crippen LogP contribution >= 0.6 is 0 Å². The van der Waals surface area contributed by atoms with Gasteiger partial charge in [-0.15, -0.1) is 0 Å². The van der Waals surface area contributed by atoms with Gasteiger partial charge in [-0.3, -0.25) is 0 Å². The molecule has 0 radical (unpaired) electrons. The van der Waals surface area contributed by atoms with Crippen LogP contribution in [-0.4, -0.2) is 17.9 Å². The van der Waals surface area contributed by atoms with Gasteiger partial charge in [0, 0.05) is 0 Å². The lowest BCUT2D eigenvalue weighted by Gasteiger charge is -2.10. The zero-order valence-corrected chi connectivity index (χ0v) is 11.3. The molecule has 0 saturated carbocycles. The SMILES string of the molecule is CO/N=C(\C=C\c1ccccc1)C(O)c1ccccc1. The number of benzene rings is 2. The molecule has 20 heavy (non-hydrogen) atoms. The Hall–Kier alpha value is -2.39. The highest BCUT2D eigenvalue weighted by molar-refractivity contribution is 6.01. The first-order chi connectivity index (χ1) is 9.81. The van der Waals surface area contributed by atoms with Crippen LogP contribution in [0.5, 0.6) is 0 Å². The molecule has 0 aliphatic rings. The molecule has 0 bridgehead atoms. The molecule has 0 aliphatic carbocycles. The lowest BCUT2D eigenvalue weighted by Crippen LogP contribution is -2.10. The minimum atomic E-state index is -0.809. The van der Waals surface area contributed by atoms with E-state index in [1.165, 1.54) is 7.11 Å². The van der Waals surface area contributed by atoms with Gasteiger partial charge in [0.1, 0.15) is 18.9 Å². The maximum Gasteiger partial charge on any atom is 0.124 e. The molecule has 2 aromatic rings. The van der Waals surface area contributed by atoms with Crippen LogP contribution in [0.15, 0.2) is 71.9 Å². The van der Waals surface area contributed by atoms with E-state index < -0.39 is 6.10 Å². The fourth-order valence-electron chi connectivity index (χ4n) is 1.83. The number of aliphatic hydroxyl groups excluding tert-OH is 1. The standard InChI is InChI=1S/C17H17NO2/c1-20-18-16(13-12-14-8-4-2-5-9-14)17(19)15-10-6-3-7-11-15/h2-13,17,19H,1H3/b13-12+,18-16+. The Labute approximate surface area is 118 Å². The molecule has 1 N–H and O–H groups in total. The van der Waals surface area contributed by atoms with E-state index in [0.29, 0.717) is 5.71 Å². The third-order valence-electron chi connectivity index (χ3n) is 2.84. The molecule has 0 spiro atoms. The maximum atomic E-state index is 10.3. The molecule has 1 atom stereocenters. The average Bonchev–Trinajstić information content (AvgIpc) is 2.52. The fourth-order valence-corrected chi connectivity index (χ4v) is 1.83. The van der Waals surface area contributed by atoms with Crippen LogP contribution in [-0.2, 0) is 4.84 Å². The van der Waals surface area contributed by atoms with Gasteiger partial charge in [0.05, 0.1) is 0 Å². The second kappa shape index (κ2) is 7.26. The molecule has 0 aliphatic heterocycles. The Morgan fingerprint density at radius 1 is 1.05 bits per heavy atom. The summed E-state index contributed by atoms with van der Waals surface area (Å²) < 4.78 is 0. The van der Waals surface area contributed by atoms with Crippen molar-refractivity contribution < 1.29 is 9.94 Å². The molecule has 0 fully saturated rings. The monoisotopic (exact) mass is 267 g/mol. The van der Waals surface area contributed by atoms with E-state index in [0.717, 1.165) is 11.1 Å². The van der Waals surface area contributed by atoms with Crippen LogP contribution in [0.4, 0.5) is 0 Å². The molecule has 0 saturated heterocycles. The second-order valence-electron chi connectivity index (χ2n) is 4.26. The number of hydrogen-bond donors (Lipinski definition) is 1. The fraction of sp³-hybridized carbons (Fsp3) is 0.118. The van der Waals surface area contributed by atoms with Gasteiger partial charge in [-0.1, -0.05) is 71.9 Å². The highest BCUT2D eigenvalue weighted by Crippen LogP contribution is 2.16. The van der Waals surface area contributed by atoms with Crippen molar-refractivity contribution in [2.45, 2.75) is 6.10 Å². The van der Waals surface area contributed by atoms with E-state index >= 15 is 0 Å². The van der Waals surface area contributed by atoms with Crippen molar-refractivity contribution in [3.8, 4) is 0 Å². The molecule has 2 aromatic carbocycles. The number of nitrogens with zero attached hydrogens (tertiary/aromatic N) is 1. The van der Waals surface area contributed by atoms with Crippen molar-refractivity contribution in [1.82, 2.24) is 0 Å². The van der Waals surface area contributed by atoms with E-state index in [4.69, 9.17) is 4.84 Å². The van der Waals surface area contributed by atoms with Gasteiger partial charge in [-0.2, -0.15) is 0 Å². The molecule has 0 amide bonds. The predicted molar refractivity (Wildman–Crippen MR) is 81.3 cm³/mol. The van der Waals surface area contributed by atoms with Gasteiger partial charge in [-0.25, -0.2) is 0 Å². The summed E-state index contributed by atoms with van der Waals surface area (Å²) >= 11 is 0. The lowest BCUT2D eigenvalue weighted by atomic mass is 10.0.